The van der Waals surface area contributed by atoms with Gasteiger partial charge in [-0.1, -0.05) is 36.4 Å². The molecule has 1 heterocycles. The molecule has 3 unspecified atom stereocenters. The first-order valence-corrected chi connectivity index (χ1v) is 14.2. The highest BCUT2D eigenvalue weighted by atomic mass is 31.2. The highest BCUT2D eigenvalue weighted by Crippen LogP contribution is 2.59. The molecule has 1 amide bonds. The van der Waals surface area contributed by atoms with Crippen molar-refractivity contribution in [1.82, 2.24) is 4.98 Å². The molecule has 3 atom stereocenters. The topological polar surface area (TPSA) is 101 Å². The highest BCUT2D eigenvalue weighted by molar-refractivity contribution is 7.39. The standard InChI is InChI=1S/C29H30F3N2O5P/c1-19-25(8-5-15-33-19)34-26(35)22-10-12-24-21(16-22)9-11-23-18-28(29(30,31)32,38-39-40(36)37)14-13-27(23,24)17-20-6-3-2-4-7-20/h2-8,10,12,15-16,23,36-37H,9,11,13-14,17-18H2,1H3,(H,34,35). The van der Waals surface area contributed by atoms with E-state index in [1.165, 1.54) is 0 Å². The Labute approximate surface area is 231 Å². The van der Waals surface area contributed by atoms with Gasteiger partial charge in [0.1, 0.15) is 0 Å². The summed E-state index contributed by atoms with van der Waals surface area (Å²) in [6.07, 6.45) is -2.32. The van der Waals surface area contributed by atoms with E-state index < -0.39 is 38.1 Å². The van der Waals surface area contributed by atoms with Crippen LogP contribution in [0.15, 0.2) is 66.9 Å². The van der Waals surface area contributed by atoms with Crippen molar-refractivity contribution in [2.45, 2.75) is 62.6 Å². The van der Waals surface area contributed by atoms with Crippen LogP contribution >= 0.6 is 8.60 Å². The van der Waals surface area contributed by atoms with Crippen molar-refractivity contribution in [3.05, 3.63) is 94.8 Å². The van der Waals surface area contributed by atoms with Crippen LogP contribution in [0.2, 0.25) is 0 Å². The van der Waals surface area contributed by atoms with Gasteiger partial charge in [0, 0.05) is 17.2 Å². The number of amides is 1. The molecule has 0 saturated heterocycles. The fourth-order valence-electron chi connectivity index (χ4n) is 6.40. The number of anilines is 1. The van der Waals surface area contributed by atoms with Gasteiger partial charge in [0.2, 0.25) is 0 Å². The van der Waals surface area contributed by atoms with Crippen LogP contribution in [0, 0.1) is 12.8 Å². The lowest BCUT2D eigenvalue weighted by Gasteiger charge is -2.54. The van der Waals surface area contributed by atoms with E-state index in [9.17, 15) is 18.0 Å². The van der Waals surface area contributed by atoms with E-state index in [4.69, 9.17) is 14.7 Å². The minimum Gasteiger partial charge on any atom is -0.327 e. The van der Waals surface area contributed by atoms with Crippen LogP contribution < -0.4 is 5.32 Å². The van der Waals surface area contributed by atoms with Crippen LogP contribution in [-0.4, -0.2) is 32.5 Å². The first-order valence-electron chi connectivity index (χ1n) is 13.0. The van der Waals surface area contributed by atoms with Crippen molar-refractivity contribution >= 4 is 20.2 Å². The zero-order valence-corrected chi connectivity index (χ0v) is 22.7. The van der Waals surface area contributed by atoms with E-state index in [0.29, 0.717) is 36.2 Å². The lowest BCUT2D eigenvalue weighted by atomic mass is 9.52. The molecule has 5 rings (SSSR count). The summed E-state index contributed by atoms with van der Waals surface area (Å²) < 4.78 is 47.5. The second-order valence-corrected chi connectivity index (χ2v) is 11.3. The van der Waals surface area contributed by atoms with Crippen molar-refractivity contribution in [2.24, 2.45) is 5.92 Å². The molecule has 7 nitrogen and oxygen atoms in total. The number of fused-ring (bicyclic) bond motifs is 3. The Morgan fingerprint density at radius 1 is 1.12 bits per heavy atom. The van der Waals surface area contributed by atoms with Crippen LogP contribution in [0.25, 0.3) is 0 Å². The highest BCUT2D eigenvalue weighted by Gasteiger charge is 2.64. The maximum absolute atomic E-state index is 14.4. The number of carbonyl (C=O) groups is 1. The van der Waals surface area contributed by atoms with Crippen molar-refractivity contribution in [2.75, 3.05) is 5.32 Å². The Hall–Kier alpha value is -2.88. The minimum absolute atomic E-state index is 0.137. The molecule has 0 bridgehead atoms. The maximum Gasteiger partial charge on any atom is 0.420 e. The van der Waals surface area contributed by atoms with Gasteiger partial charge in [-0.3, -0.25) is 9.78 Å². The summed E-state index contributed by atoms with van der Waals surface area (Å²) in [6, 6.07) is 18.6. The smallest absolute Gasteiger partial charge is 0.327 e. The zero-order valence-electron chi connectivity index (χ0n) is 21.8. The third-order valence-corrected chi connectivity index (χ3v) is 8.60. The number of carbonyl (C=O) groups excluding carboxylic acids is 1. The summed E-state index contributed by atoms with van der Waals surface area (Å²) >= 11 is 0. The second kappa shape index (κ2) is 11.2. The predicted molar refractivity (Wildman–Crippen MR) is 143 cm³/mol. The van der Waals surface area contributed by atoms with Crippen molar-refractivity contribution in [3.8, 4) is 0 Å². The Morgan fingerprint density at radius 3 is 2.60 bits per heavy atom. The number of alkyl halides is 3. The number of aryl methyl sites for hydroxylation is 2. The Balaban J connectivity index is 1.51. The van der Waals surface area contributed by atoms with E-state index in [2.05, 4.69) is 15.0 Å². The van der Waals surface area contributed by atoms with Gasteiger partial charge in [-0.25, -0.2) is 4.89 Å². The number of nitrogens with one attached hydrogen (secondary N) is 1. The first kappa shape index (κ1) is 28.6. The fourth-order valence-corrected chi connectivity index (χ4v) is 6.61. The molecule has 2 aliphatic rings. The Kier molecular flexibility index (Phi) is 8.01. The van der Waals surface area contributed by atoms with Crippen LogP contribution in [0.3, 0.4) is 0 Å². The molecule has 212 valence electrons. The fraction of sp³-hybridized carbons (Fsp3) is 0.379. The minimum atomic E-state index is -4.77. The van der Waals surface area contributed by atoms with Gasteiger partial charge in [-0.15, -0.1) is 0 Å². The maximum atomic E-state index is 14.4. The Bertz CT molecular complexity index is 1370. The van der Waals surface area contributed by atoms with Gasteiger partial charge in [0.15, 0.2) is 5.60 Å². The third kappa shape index (κ3) is 5.51. The van der Waals surface area contributed by atoms with Crippen molar-refractivity contribution in [1.29, 1.82) is 0 Å². The van der Waals surface area contributed by atoms with E-state index in [1.54, 1.807) is 31.3 Å². The van der Waals surface area contributed by atoms with Crippen LogP contribution in [-0.2, 0) is 27.8 Å². The van der Waals surface area contributed by atoms with E-state index >= 15 is 0 Å². The molecule has 0 spiro atoms. The molecule has 1 fully saturated rings. The number of halogens is 3. The van der Waals surface area contributed by atoms with Gasteiger partial charge in [-0.05, 0) is 92.3 Å². The summed E-state index contributed by atoms with van der Waals surface area (Å²) in [5.41, 5.74) is 1.35. The SMILES string of the molecule is Cc1ncccc1NC(=O)c1ccc2c(c1)CCC1CC(OOP(O)O)(C(F)(F)F)CCC21Cc1ccccc1. The number of pyridine rings is 1. The van der Waals surface area contributed by atoms with E-state index in [-0.39, 0.29) is 18.7 Å². The lowest BCUT2D eigenvalue weighted by Crippen LogP contribution is -2.58. The molecular formula is C29H30F3N2O5P. The zero-order chi connectivity index (χ0) is 28.5. The van der Waals surface area contributed by atoms with Gasteiger partial charge in [0.25, 0.3) is 5.91 Å². The summed E-state index contributed by atoms with van der Waals surface area (Å²) in [4.78, 5) is 40.3. The average Bonchev–Trinajstić information content (AvgIpc) is 2.92. The molecule has 1 aromatic heterocycles. The quantitative estimate of drug-likeness (QED) is 0.173. The summed E-state index contributed by atoms with van der Waals surface area (Å²) in [5, 5.41) is 2.89. The van der Waals surface area contributed by atoms with Crippen LogP contribution in [0.5, 0.6) is 0 Å². The molecule has 1 saturated carbocycles. The van der Waals surface area contributed by atoms with Crippen molar-refractivity contribution in [3.63, 3.8) is 0 Å². The van der Waals surface area contributed by atoms with Crippen molar-refractivity contribution < 1.29 is 37.3 Å². The molecule has 0 aliphatic heterocycles. The largest absolute Gasteiger partial charge is 0.420 e. The number of benzene rings is 2. The third-order valence-electron chi connectivity index (χ3n) is 8.40. The average molecular weight is 575 g/mol. The predicted octanol–water partition coefficient (Wildman–Crippen LogP) is 6.33. The van der Waals surface area contributed by atoms with Crippen LogP contribution in [0.4, 0.5) is 18.9 Å². The molecule has 40 heavy (non-hydrogen) atoms. The molecular weight excluding hydrogens is 544 g/mol. The van der Waals surface area contributed by atoms with E-state index in [1.807, 2.05) is 42.5 Å². The number of aromatic nitrogens is 1. The van der Waals surface area contributed by atoms with Crippen LogP contribution in [0.1, 0.15) is 58.4 Å². The Morgan fingerprint density at radius 2 is 1.90 bits per heavy atom. The molecule has 2 aromatic carbocycles. The van der Waals surface area contributed by atoms with Gasteiger partial charge < -0.3 is 15.1 Å². The van der Waals surface area contributed by atoms with Gasteiger partial charge in [-0.2, -0.15) is 17.8 Å². The molecule has 3 aromatic rings. The molecule has 0 radical (unpaired) electrons. The second-order valence-electron chi connectivity index (χ2n) is 10.6. The summed E-state index contributed by atoms with van der Waals surface area (Å²) in [5.74, 6) is -0.714. The summed E-state index contributed by atoms with van der Waals surface area (Å²) in [7, 11) is -3.11. The van der Waals surface area contributed by atoms with Gasteiger partial charge >= 0.3 is 14.8 Å². The van der Waals surface area contributed by atoms with E-state index in [0.717, 1.165) is 16.7 Å². The molecule has 11 heteroatoms. The first-order chi connectivity index (χ1) is 19.0. The monoisotopic (exact) mass is 574 g/mol. The lowest BCUT2D eigenvalue weighted by molar-refractivity contribution is -0.397. The number of rotatable bonds is 7. The summed E-state index contributed by atoms with van der Waals surface area (Å²) in [6.45, 7) is 1.80. The van der Waals surface area contributed by atoms with Gasteiger partial charge in [0.05, 0.1) is 11.4 Å². The number of hydrogen-bond acceptors (Lipinski definition) is 6. The number of nitrogens with zero attached hydrogens (tertiary/aromatic N) is 1. The normalized spacial score (nSPS) is 24.3. The molecule has 2 aliphatic carbocycles. The molecule has 3 N–H and O–H groups in total. The number of hydrogen-bond donors (Lipinski definition) is 3.